The number of aromatic nitrogens is 1. The van der Waals surface area contributed by atoms with Crippen LogP contribution >= 0.6 is 0 Å². The average Bonchev–Trinajstić information content (AvgIpc) is 2.40. The van der Waals surface area contributed by atoms with Crippen LogP contribution in [0.2, 0.25) is 0 Å². The number of nitriles is 1. The van der Waals surface area contributed by atoms with E-state index in [4.69, 9.17) is 0 Å². The molecule has 0 atom stereocenters. The Morgan fingerprint density at radius 3 is 2.44 bits per heavy atom. The molecule has 18 heavy (non-hydrogen) atoms. The van der Waals surface area contributed by atoms with E-state index in [0.29, 0.717) is 11.5 Å². The molecule has 1 aromatic rings. The van der Waals surface area contributed by atoms with E-state index in [1.54, 1.807) is 0 Å². The van der Waals surface area contributed by atoms with E-state index in [2.05, 4.69) is 36.7 Å². The molecule has 3 heteroatoms. The van der Waals surface area contributed by atoms with Crippen molar-refractivity contribution >= 4 is 5.82 Å². The third-order valence-electron chi connectivity index (χ3n) is 3.45. The Balaban J connectivity index is 3.01. The van der Waals surface area contributed by atoms with Crippen LogP contribution < -0.4 is 4.90 Å². The molecule has 0 unspecified atom stereocenters. The standard InChI is InChI=1S/C15H23N3/c1-5-13(6-2)11-18(7-3)15-14(10-16)9-8-12(4)17-15/h8-9,13H,5-7,11H2,1-4H3. The molecule has 0 saturated heterocycles. The van der Waals surface area contributed by atoms with Crippen LogP contribution in [-0.2, 0) is 0 Å². The molecule has 0 fully saturated rings. The van der Waals surface area contributed by atoms with Gasteiger partial charge in [-0.3, -0.25) is 0 Å². The summed E-state index contributed by atoms with van der Waals surface area (Å²) in [6.45, 7) is 10.4. The molecule has 3 nitrogen and oxygen atoms in total. The fourth-order valence-electron chi connectivity index (χ4n) is 2.10. The predicted octanol–water partition coefficient (Wildman–Crippen LogP) is 3.52. The first-order valence-electron chi connectivity index (χ1n) is 6.78. The van der Waals surface area contributed by atoms with Gasteiger partial charge in [-0.25, -0.2) is 4.98 Å². The second-order valence-electron chi connectivity index (χ2n) is 4.66. The van der Waals surface area contributed by atoms with Crippen molar-refractivity contribution in [1.82, 2.24) is 4.98 Å². The lowest BCUT2D eigenvalue weighted by Gasteiger charge is -2.27. The third-order valence-corrected chi connectivity index (χ3v) is 3.45. The number of rotatable bonds is 6. The highest BCUT2D eigenvalue weighted by Crippen LogP contribution is 2.20. The van der Waals surface area contributed by atoms with Crippen molar-refractivity contribution in [3.8, 4) is 6.07 Å². The van der Waals surface area contributed by atoms with Gasteiger partial charge in [0.05, 0.1) is 5.56 Å². The Kier molecular flexibility index (Phi) is 5.64. The van der Waals surface area contributed by atoms with Crippen LogP contribution in [0.3, 0.4) is 0 Å². The highest BCUT2D eigenvalue weighted by Gasteiger charge is 2.15. The first-order chi connectivity index (χ1) is 8.65. The first kappa shape index (κ1) is 14.5. The van der Waals surface area contributed by atoms with E-state index < -0.39 is 0 Å². The van der Waals surface area contributed by atoms with Crippen molar-refractivity contribution in [2.45, 2.75) is 40.5 Å². The van der Waals surface area contributed by atoms with Crippen molar-refractivity contribution in [3.05, 3.63) is 23.4 Å². The van der Waals surface area contributed by atoms with Crippen molar-refractivity contribution in [2.24, 2.45) is 5.92 Å². The summed E-state index contributed by atoms with van der Waals surface area (Å²) >= 11 is 0. The molecule has 0 bridgehead atoms. The van der Waals surface area contributed by atoms with Gasteiger partial charge >= 0.3 is 0 Å². The smallest absolute Gasteiger partial charge is 0.146 e. The van der Waals surface area contributed by atoms with Crippen LogP contribution in [0.1, 0.15) is 44.9 Å². The Hall–Kier alpha value is -1.56. The lowest BCUT2D eigenvalue weighted by molar-refractivity contribution is 0.484. The number of aryl methyl sites for hydroxylation is 1. The Bertz CT molecular complexity index is 416. The summed E-state index contributed by atoms with van der Waals surface area (Å²) in [5.41, 5.74) is 1.64. The van der Waals surface area contributed by atoms with Gasteiger partial charge in [0.1, 0.15) is 11.9 Å². The number of nitrogens with zero attached hydrogens (tertiary/aromatic N) is 3. The molecule has 0 radical (unpaired) electrons. The van der Waals surface area contributed by atoms with Gasteiger partial charge in [0.2, 0.25) is 0 Å². The molecule has 1 rings (SSSR count). The van der Waals surface area contributed by atoms with Crippen LogP contribution in [0.25, 0.3) is 0 Å². The summed E-state index contributed by atoms with van der Waals surface area (Å²) in [7, 11) is 0. The van der Waals surface area contributed by atoms with Gasteiger partial charge in [-0.2, -0.15) is 5.26 Å². The second-order valence-corrected chi connectivity index (χ2v) is 4.66. The summed E-state index contributed by atoms with van der Waals surface area (Å²) in [6, 6.07) is 6.01. The molecule has 0 saturated carbocycles. The van der Waals surface area contributed by atoms with Crippen molar-refractivity contribution in [1.29, 1.82) is 5.26 Å². The highest BCUT2D eigenvalue weighted by atomic mass is 15.2. The molecule has 0 aliphatic carbocycles. The third kappa shape index (κ3) is 3.46. The van der Waals surface area contributed by atoms with E-state index in [1.165, 1.54) is 12.8 Å². The molecule has 1 aromatic heterocycles. The quantitative estimate of drug-likeness (QED) is 0.769. The summed E-state index contributed by atoms with van der Waals surface area (Å²) in [4.78, 5) is 6.77. The molecule has 0 aliphatic rings. The van der Waals surface area contributed by atoms with Crippen LogP contribution in [0.15, 0.2) is 12.1 Å². The fourth-order valence-corrected chi connectivity index (χ4v) is 2.10. The zero-order valence-electron chi connectivity index (χ0n) is 11.9. The topological polar surface area (TPSA) is 39.9 Å². The number of hydrogen-bond acceptors (Lipinski definition) is 3. The minimum absolute atomic E-state index is 0.666. The van der Waals surface area contributed by atoms with Crippen LogP contribution in [0.4, 0.5) is 5.82 Å². The van der Waals surface area contributed by atoms with Crippen molar-refractivity contribution in [2.75, 3.05) is 18.0 Å². The van der Waals surface area contributed by atoms with E-state index in [1.807, 2.05) is 19.1 Å². The molecule has 0 amide bonds. The molecule has 0 spiro atoms. The monoisotopic (exact) mass is 245 g/mol. The van der Waals surface area contributed by atoms with Crippen molar-refractivity contribution < 1.29 is 0 Å². The summed E-state index contributed by atoms with van der Waals surface area (Å²) < 4.78 is 0. The average molecular weight is 245 g/mol. The summed E-state index contributed by atoms with van der Waals surface area (Å²) in [6.07, 6.45) is 2.33. The molecule has 1 heterocycles. The van der Waals surface area contributed by atoms with Gasteiger partial charge < -0.3 is 4.90 Å². The van der Waals surface area contributed by atoms with Gasteiger partial charge in [-0.05, 0) is 31.9 Å². The van der Waals surface area contributed by atoms with Gasteiger partial charge in [0.25, 0.3) is 0 Å². The minimum Gasteiger partial charge on any atom is -0.356 e. The Labute approximate surface area is 110 Å². The zero-order chi connectivity index (χ0) is 13.5. The predicted molar refractivity (Wildman–Crippen MR) is 75.6 cm³/mol. The first-order valence-corrected chi connectivity index (χ1v) is 6.78. The molecular formula is C15H23N3. The second kappa shape index (κ2) is 7.00. The van der Waals surface area contributed by atoms with Crippen LogP contribution in [0, 0.1) is 24.2 Å². The SMILES string of the molecule is CCC(CC)CN(CC)c1nc(C)ccc1C#N. The van der Waals surface area contributed by atoms with E-state index in [0.717, 1.165) is 24.6 Å². The fraction of sp³-hybridized carbons (Fsp3) is 0.600. The van der Waals surface area contributed by atoms with E-state index in [9.17, 15) is 5.26 Å². The maximum atomic E-state index is 9.19. The lowest BCUT2D eigenvalue weighted by atomic mass is 10.0. The Morgan fingerprint density at radius 1 is 1.28 bits per heavy atom. The minimum atomic E-state index is 0.666. The summed E-state index contributed by atoms with van der Waals surface area (Å²) in [5.74, 6) is 1.51. The van der Waals surface area contributed by atoms with Gasteiger partial charge in [0.15, 0.2) is 0 Å². The molecular weight excluding hydrogens is 222 g/mol. The molecule has 0 aliphatic heterocycles. The zero-order valence-corrected chi connectivity index (χ0v) is 11.9. The van der Waals surface area contributed by atoms with E-state index >= 15 is 0 Å². The molecule has 98 valence electrons. The van der Waals surface area contributed by atoms with Gasteiger partial charge in [-0.1, -0.05) is 26.7 Å². The highest BCUT2D eigenvalue weighted by molar-refractivity contribution is 5.54. The number of anilines is 1. The maximum Gasteiger partial charge on any atom is 0.146 e. The lowest BCUT2D eigenvalue weighted by Crippen LogP contribution is -2.30. The normalized spacial score (nSPS) is 10.4. The maximum absolute atomic E-state index is 9.19. The molecule has 0 N–H and O–H groups in total. The van der Waals surface area contributed by atoms with Gasteiger partial charge in [-0.15, -0.1) is 0 Å². The van der Waals surface area contributed by atoms with Crippen LogP contribution in [0.5, 0.6) is 0 Å². The van der Waals surface area contributed by atoms with Gasteiger partial charge in [0, 0.05) is 18.8 Å². The van der Waals surface area contributed by atoms with Crippen LogP contribution in [-0.4, -0.2) is 18.1 Å². The number of hydrogen-bond donors (Lipinski definition) is 0. The van der Waals surface area contributed by atoms with E-state index in [-0.39, 0.29) is 0 Å². The Morgan fingerprint density at radius 2 is 1.94 bits per heavy atom. The number of pyridine rings is 1. The summed E-state index contributed by atoms with van der Waals surface area (Å²) in [5, 5.41) is 9.19. The largest absolute Gasteiger partial charge is 0.356 e. The van der Waals surface area contributed by atoms with Crippen molar-refractivity contribution in [3.63, 3.8) is 0 Å². The molecule has 0 aromatic carbocycles.